The maximum atomic E-state index is 12.3. The molecule has 3 rings (SSSR count). The van der Waals surface area contributed by atoms with E-state index in [1.165, 1.54) is 35.2 Å². The maximum absolute atomic E-state index is 12.3. The summed E-state index contributed by atoms with van der Waals surface area (Å²) in [6, 6.07) is 6.08. The maximum Gasteiger partial charge on any atom is 0.251 e. The van der Waals surface area contributed by atoms with Gasteiger partial charge in [0.05, 0.1) is 27.2 Å². The molecule has 0 fully saturated rings. The van der Waals surface area contributed by atoms with Gasteiger partial charge < -0.3 is 15.6 Å². The van der Waals surface area contributed by atoms with Gasteiger partial charge >= 0.3 is 0 Å². The van der Waals surface area contributed by atoms with Crippen LogP contribution in [0.4, 0.5) is 5.00 Å². The van der Waals surface area contributed by atoms with E-state index in [1.54, 1.807) is 17.5 Å². The minimum Gasteiger partial charge on any atom is -0.366 e. The van der Waals surface area contributed by atoms with Gasteiger partial charge in [0.15, 0.2) is 5.16 Å². The van der Waals surface area contributed by atoms with Gasteiger partial charge in [0.2, 0.25) is 15.9 Å². The summed E-state index contributed by atoms with van der Waals surface area (Å²) < 4.78 is 25.1. The summed E-state index contributed by atoms with van der Waals surface area (Å²) in [5, 5.41) is 10.5. The number of carbonyl (C=O) groups is 2. The lowest BCUT2D eigenvalue weighted by molar-refractivity contribution is -0.113. The number of aromatic nitrogens is 2. The number of nitrogens with zero attached hydrogens (tertiary/aromatic N) is 2. The van der Waals surface area contributed by atoms with Crippen LogP contribution in [0.2, 0.25) is 0 Å². The molecular formula is C17H19N5O4S3. The molecule has 0 spiro atoms. The zero-order valence-corrected chi connectivity index (χ0v) is 17.9. The third-order valence-corrected chi connectivity index (χ3v) is 6.69. The Balaban J connectivity index is 1.81. The van der Waals surface area contributed by atoms with Crippen LogP contribution in [0.15, 0.2) is 39.7 Å². The molecule has 2 aromatic heterocycles. The molecule has 1 aromatic carbocycles. The number of nitrogens with one attached hydrogen (secondary N) is 1. The van der Waals surface area contributed by atoms with E-state index in [1.807, 2.05) is 11.5 Å². The van der Waals surface area contributed by atoms with E-state index in [9.17, 15) is 18.0 Å². The number of nitrogens with two attached hydrogens (primary N) is 2. The molecule has 0 atom stereocenters. The largest absolute Gasteiger partial charge is 0.366 e. The van der Waals surface area contributed by atoms with Crippen LogP contribution < -0.4 is 16.2 Å². The molecule has 0 saturated carbocycles. The average Bonchev–Trinajstić information content (AvgIpc) is 3.24. The fourth-order valence-corrected chi connectivity index (χ4v) is 4.89. The molecule has 0 aliphatic heterocycles. The van der Waals surface area contributed by atoms with Crippen LogP contribution in [0.5, 0.6) is 0 Å². The zero-order valence-electron chi connectivity index (χ0n) is 15.4. The summed E-state index contributed by atoms with van der Waals surface area (Å²) in [5.41, 5.74) is 6.80. The minimum atomic E-state index is -3.83. The van der Waals surface area contributed by atoms with Crippen molar-refractivity contribution < 1.29 is 18.0 Å². The van der Waals surface area contributed by atoms with E-state index >= 15 is 0 Å². The first-order valence-electron chi connectivity index (χ1n) is 8.53. The van der Waals surface area contributed by atoms with Crippen molar-refractivity contribution in [3.63, 3.8) is 0 Å². The number of primary amides is 1. The molecule has 0 aliphatic carbocycles. The lowest BCUT2D eigenvalue weighted by atomic mass is 10.3. The van der Waals surface area contributed by atoms with E-state index in [4.69, 9.17) is 10.9 Å². The number of aryl methyl sites for hydroxylation is 1. The fraction of sp³-hybridized carbons (Fsp3) is 0.235. The average molecular weight is 454 g/mol. The molecule has 3 aromatic rings. The van der Waals surface area contributed by atoms with Gasteiger partial charge in [-0.25, -0.2) is 18.5 Å². The van der Waals surface area contributed by atoms with Gasteiger partial charge in [0.25, 0.3) is 5.91 Å². The van der Waals surface area contributed by atoms with Crippen molar-refractivity contribution in [3.8, 4) is 0 Å². The van der Waals surface area contributed by atoms with Crippen LogP contribution in [-0.4, -0.2) is 35.5 Å². The highest BCUT2D eigenvalue weighted by Crippen LogP contribution is 2.27. The molecule has 0 bridgehead atoms. The van der Waals surface area contributed by atoms with Gasteiger partial charge in [-0.1, -0.05) is 18.7 Å². The number of imidazole rings is 1. The van der Waals surface area contributed by atoms with E-state index < -0.39 is 15.9 Å². The molecule has 154 valence electrons. The number of amides is 2. The number of sulfonamides is 1. The van der Waals surface area contributed by atoms with Crippen molar-refractivity contribution >= 4 is 61.0 Å². The van der Waals surface area contributed by atoms with Crippen molar-refractivity contribution in [1.29, 1.82) is 0 Å². The summed E-state index contributed by atoms with van der Waals surface area (Å²) in [4.78, 5) is 28.1. The Morgan fingerprint density at radius 2 is 2.07 bits per heavy atom. The summed E-state index contributed by atoms with van der Waals surface area (Å²) in [6.45, 7) is 2.67. The molecule has 12 heteroatoms. The Labute approximate surface area is 175 Å². The van der Waals surface area contributed by atoms with Crippen LogP contribution in [0.25, 0.3) is 11.0 Å². The number of thiophene rings is 1. The molecule has 29 heavy (non-hydrogen) atoms. The number of benzene rings is 1. The topological polar surface area (TPSA) is 150 Å². The molecular weight excluding hydrogens is 434 g/mol. The lowest BCUT2D eigenvalue weighted by Gasteiger charge is -2.08. The number of rotatable bonds is 8. The summed E-state index contributed by atoms with van der Waals surface area (Å²) in [5.74, 6) is -0.851. The Kier molecular flexibility index (Phi) is 6.27. The summed E-state index contributed by atoms with van der Waals surface area (Å²) >= 11 is 2.43. The second-order valence-corrected chi connectivity index (χ2v) is 9.53. The van der Waals surface area contributed by atoms with Crippen LogP contribution in [0.1, 0.15) is 23.7 Å². The molecule has 9 nitrogen and oxygen atoms in total. The highest BCUT2D eigenvalue weighted by Gasteiger charge is 2.17. The number of carbonyl (C=O) groups excluding carboxylic acids is 2. The molecule has 0 aliphatic rings. The predicted octanol–water partition coefficient (Wildman–Crippen LogP) is 1.98. The third kappa shape index (κ3) is 4.78. The number of hydrogen-bond acceptors (Lipinski definition) is 7. The van der Waals surface area contributed by atoms with E-state index in [0.717, 1.165) is 11.9 Å². The molecule has 5 N–H and O–H groups in total. The van der Waals surface area contributed by atoms with E-state index in [2.05, 4.69) is 10.3 Å². The van der Waals surface area contributed by atoms with Crippen LogP contribution in [-0.2, 0) is 21.4 Å². The Morgan fingerprint density at radius 1 is 1.31 bits per heavy atom. The number of anilines is 1. The van der Waals surface area contributed by atoms with Gasteiger partial charge in [-0.3, -0.25) is 9.59 Å². The number of hydrogen-bond donors (Lipinski definition) is 3. The summed E-state index contributed by atoms with van der Waals surface area (Å²) in [7, 11) is -3.83. The minimum absolute atomic E-state index is 0.0166. The van der Waals surface area contributed by atoms with Crippen LogP contribution >= 0.6 is 23.1 Å². The highest BCUT2D eigenvalue weighted by molar-refractivity contribution is 7.99. The smallest absolute Gasteiger partial charge is 0.251 e. The van der Waals surface area contributed by atoms with Crippen LogP contribution in [0, 0.1) is 0 Å². The van der Waals surface area contributed by atoms with Crippen molar-refractivity contribution in [2.24, 2.45) is 10.9 Å². The Morgan fingerprint density at radius 3 is 2.72 bits per heavy atom. The zero-order chi connectivity index (χ0) is 21.2. The number of fused-ring (bicyclic) bond motifs is 1. The first-order valence-corrected chi connectivity index (χ1v) is 11.9. The lowest BCUT2D eigenvalue weighted by Crippen LogP contribution is -2.18. The first kappa shape index (κ1) is 21.3. The second-order valence-electron chi connectivity index (χ2n) is 6.11. The Bertz CT molecular complexity index is 1180. The standard InChI is InChI=1S/C17H19N5O4S3/c1-2-6-22-13-4-3-10(29(19,25)26)8-12(13)20-17(22)28-9-14(23)21-16-11(15(18)24)5-7-27-16/h3-5,7-8H,2,6,9H2,1H3,(H2,18,24)(H,21,23)(H2,19,25,26). The van der Waals surface area contributed by atoms with Gasteiger partial charge in [-0.05, 0) is 36.1 Å². The quantitative estimate of drug-likeness (QED) is 0.444. The van der Waals surface area contributed by atoms with Gasteiger partial charge in [-0.15, -0.1) is 11.3 Å². The molecule has 0 radical (unpaired) electrons. The fourth-order valence-electron chi connectivity index (χ4n) is 2.71. The third-order valence-electron chi connectivity index (χ3n) is 3.98. The second kappa shape index (κ2) is 8.53. The molecule has 0 unspecified atom stereocenters. The normalized spacial score (nSPS) is 11.7. The van der Waals surface area contributed by atoms with Crippen molar-refractivity contribution in [2.75, 3.05) is 11.1 Å². The molecule has 2 heterocycles. The Hall–Kier alpha value is -2.41. The van der Waals surface area contributed by atoms with Crippen molar-refractivity contribution in [3.05, 3.63) is 35.2 Å². The first-order chi connectivity index (χ1) is 13.7. The van der Waals surface area contributed by atoms with Gasteiger partial charge in [0, 0.05) is 6.54 Å². The van der Waals surface area contributed by atoms with E-state index in [0.29, 0.717) is 22.2 Å². The van der Waals surface area contributed by atoms with Gasteiger partial charge in [0.1, 0.15) is 5.00 Å². The van der Waals surface area contributed by atoms with Crippen molar-refractivity contribution in [2.45, 2.75) is 29.9 Å². The molecule has 0 saturated heterocycles. The SMILES string of the molecule is CCCn1c(SCC(=O)Nc2sccc2C(N)=O)nc2cc(S(N)(=O)=O)ccc21. The van der Waals surface area contributed by atoms with Crippen molar-refractivity contribution in [1.82, 2.24) is 9.55 Å². The van der Waals surface area contributed by atoms with Crippen LogP contribution in [0.3, 0.4) is 0 Å². The van der Waals surface area contributed by atoms with E-state index in [-0.39, 0.29) is 22.1 Å². The predicted molar refractivity (Wildman–Crippen MR) is 114 cm³/mol. The van der Waals surface area contributed by atoms with Gasteiger partial charge in [-0.2, -0.15) is 0 Å². The highest BCUT2D eigenvalue weighted by atomic mass is 32.2. The summed E-state index contributed by atoms with van der Waals surface area (Å²) in [6.07, 6.45) is 0.833. The monoisotopic (exact) mass is 453 g/mol. The number of thioether (sulfide) groups is 1. The number of primary sulfonamides is 1. The molecule has 2 amide bonds.